The molecule has 0 aliphatic carbocycles. The van der Waals surface area contributed by atoms with Gasteiger partial charge < -0.3 is 19.7 Å². The fourth-order valence-electron chi connectivity index (χ4n) is 4.14. The van der Waals surface area contributed by atoms with Gasteiger partial charge >= 0.3 is 5.97 Å². The van der Waals surface area contributed by atoms with Gasteiger partial charge in [0, 0.05) is 39.0 Å². The molecule has 13 heteroatoms. The number of piperazine rings is 1. The monoisotopic (exact) mass is 545 g/mol. The molecule has 2 aliphatic rings. The number of pyridine rings is 1. The zero-order valence-electron chi connectivity index (χ0n) is 20.5. The Morgan fingerprint density at radius 1 is 1.32 bits per heavy atom. The summed E-state index contributed by atoms with van der Waals surface area (Å²) < 4.78 is 11.9. The van der Waals surface area contributed by atoms with E-state index in [9.17, 15) is 19.2 Å². The van der Waals surface area contributed by atoms with Crippen LogP contribution in [0.2, 0.25) is 0 Å². The lowest BCUT2D eigenvalue weighted by atomic mass is 10.1. The number of thioether (sulfide) groups is 1. The van der Waals surface area contributed by atoms with E-state index in [1.165, 1.54) is 22.5 Å². The molecular weight excluding hydrogens is 518 g/mol. The van der Waals surface area contributed by atoms with Crippen LogP contribution in [0.25, 0.3) is 11.7 Å². The predicted octanol–water partition coefficient (Wildman–Crippen LogP) is 1.19. The molecule has 11 nitrogen and oxygen atoms in total. The Morgan fingerprint density at radius 2 is 2.14 bits per heavy atom. The molecule has 0 aromatic carbocycles. The zero-order valence-corrected chi connectivity index (χ0v) is 22.1. The Hall–Kier alpha value is -3.29. The maximum Gasteiger partial charge on any atom is 0.308 e. The lowest BCUT2D eigenvalue weighted by molar-refractivity contribution is -0.143. The molecule has 2 aromatic rings. The van der Waals surface area contributed by atoms with E-state index in [0.29, 0.717) is 49.2 Å². The van der Waals surface area contributed by atoms with Gasteiger partial charge in [0.25, 0.3) is 11.5 Å². The summed E-state index contributed by atoms with van der Waals surface area (Å²) in [5, 5.41) is 2.75. The molecule has 4 rings (SSSR count). The normalized spacial score (nSPS) is 19.1. The second kappa shape index (κ2) is 11.8. The highest BCUT2D eigenvalue weighted by molar-refractivity contribution is 8.26. The van der Waals surface area contributed by atoms with Crippen LogP contribution >= 0.6 is 24.0 Å². The number of nitrogens with one attached hydrogen (secondary N) is 1. The number of thiocarbonyl (C=S) groups is 1. The van der Waals surface area contributed by atoms with Crippen molar-refractivity contribution in [3.8, 4) is 0 Å². The maximum atomic E-state index is 13.6. The van der Waals surface area contributed by atoms with Gasteiger partial charge in [0.15, 0.2) is 0 Å². The van der Waals surface area contributed by atoms with Crippen molar-refractivity contribution in [2.75, 3.05) is 44.9 Å². The highest BCUT2D eigenvalue weighted by Crippen LogP contribution is 2.34. The first-order valence-electron chi connectivity index (χ1n) is 11.8. The summed E-state index contributed by atoms with van der Waals surface area (Å²) in [5.74, 6) is -1.05. The summed E-state index contributed by atoms with van der Waals surface area (Å²) in [5.41, 5.74) is 0.0824. The molecule has 4 heterocycles. The van der Waals surface area contributed by atoms with Gasteiger partial charge in [-0.25, -0.2) is 4.98 Å². The van der Waals surface area contributed by atoms with E-state index in [2.05, 4.69) is 10.3 Å². The van der Waals surface area contributed by atoms with Crippen LogP contribution in [-0.2, 0) is 23.9 Å². The summed E-state index contributed by atoms with van der Waals surface area (Å²) in [6.45, 7) is 4.00. The minimum atomic E-state index is -0.931. The molecule has 0 bridgehead atoms. The van der Waals surface area contributed by atoms with Crippen molar-refractivity contribution in [1.29, 1.82) is 0 Å². The third-order valence-corrected chi connectivity index (χ3v) is 7.34. The second-order valence-electron chi connectivity index (χ2n) is 8.25. The minimum absolute atomic E-state index is 0.128. The van der Waals surface area contributed by atoms with Crippen LogP contribution in [0.3, 0.4) is 0 Å². The van der Waals surface area contributed by atoms with Crippen LogP contribution in [0, 0.1) is 0 Å². The van der Waals surface area contributed by atoms with Crippen molar-refractivity contribution in [2.24, 2.45) is 0 Å². The molecule has 2 saturated heterocycles. The number of aromatic nitrogens is 2. The quantitative estimate of drug-likeness (QED) is 0.213. The molecule has 1 atom stereocenters. The van der Waals surface area contributed by atoms with Crippen LogP contribution in [0.1, 0.15) is 25.3 Å². The van der Waals surface area contributed by atoms with Crippen LogP contribution < -0.4 is 15.8 Å². The Morgan fingerprint density at radius 3 is 2.89 bits per heavy atom. The minimum Gasteiger partial charge on any atom is -0.469 e. The number of amides is 2. The number of carbonyl (C=O) groups excluding carboxylic acids is 3. The Bertz CT molecular complexity index is 1330. The third-order valence-electron chi connectivity index (χ3n) is 5.96. The first-order valence-corrected chi connectivity index (χ1v) is 13.0. The molecule has 37 heavy (non-hydrogen) atoms. The van der Waals surface area contributed by atoms with Crippen molar-refractivity contribution in [3.63, 3.8) is 0 Å². The number of methoxy groups -OCH3 is 1. The number of hydrogen-bond acceptors (Lipinski definition) is 10. The fourth-order valence-corrected chi connectivity index (χ4v) is 5.43. The molecule has 0 radical (unpaired) electrons. The zero-order chi connectivity index (χ0) is 26.5. The second-order valence-corrected chi connectivity index (χ2v) is 9.92. The molecule has 0 spiro atoms. The van der Waals surface area contributed by atoms with Gasteiger partial charge in [0.05, 0.1) is 24.0 Å². The molecule has 1 unspecified atom stereocenters. The molecule has 2 aromatic heterocycles. The molecule has 0 saturated carbocycles. The summed E-state index contributed by atoms with van der Waals surface area (Å²) in [4.78, 5) is 59.7. The highest BCUT2D eigenvalue weighted by atomic mass is 32.2. The number of rotatable bonds is 9. The van der Waals surface area contributed by atoms with Crippen molar-refractivity contribution >= 4 is 63.6 Å². The van der Waals surface area contributed by atoms with E-state index in [0.717, 1.165) is 11.8 Å². The number of carbonyl (C=O) groups is 3. The average molecular weight is 546 g/mol. The summed E-state index contributed by atoms with van der Waals surface area (Å²) >= 11 is 6.53. The molecule has 2 amide bonds. The van der Waals surface area contributed by atoms with Crippen LogP contribution in [-0.4, -0.2) is 82.4 Å². The van der Waals surface area contributed by atoms with Crippen LogP contribution in [0.4, 0.5) is 5.82 Å². The van der Waals surface area contributed by atoms with E-state index >= 15 is 0 Å². The smallest absolute Gasteiger partial charge is 0.308 e. The lowest BCUT2D eigenvalue weighted by Gasteiger charge is -2.36. The maximum absolute atomic E-state index is 13.6. The van der Waals surface area contributed by atoms with Gasteiger partial charge in [-0.1, -0.05) is 30.0 Å². The molecule has 2 aliphatic heterocycles. The van der Waals surface area contributed by atoms with E-state index < -0.39 is 17.6 Å². The molecule has 196 valence electrons. The first kappa shape index (κ1) is 26.8. The van der Waals surface area contributed by atoms with E-state index in [1.54, 1.807) is 29.3 Å². The largest absolute Gasteiger partial charge is 0.469 e. The third kappa shape index (κ3) is 5.68. The molecule has 1 N–H and O–H groups in total. The number of anilines is 1. The number of nitrogens with zero attached hydrogens (tertiary/aromatic N) is 4. The summed E-state index contributed by atoms with van der Waals surface area (Å²) in [6, 6.07) is 4.19. The first-order chi connectivity index (χ1) is 17.8. The number of esters is 1. The SMILES string of the molecule is CCOCCCN1C(=O)C(=Cc2c(N3CCNC(=O)C3CC(=O)OC)nc3ccccn3c2=O)SC1=S. The Balaban J connectivity index is 1.78. The highest BCUT2D eigenvalue weighted by Gasteiger charge is 2.36. The standard InChI is InChI=1S/C24H27N5O6S2/c1-3-35-12-6-10-29-23(33)17(37-24(29)36)13-15-20(26-18-7-4-5-9-28(18)22(15)32)27-11-8-25-21(31)16(27)14-19(30)34-2/h4-5,7,9,13,16H,3,6,8,10-12,14H2,1-2H3,(H,25,31). The summed E-state index contributed by atoms with van der Waals surface area (Å²) in [7, 11) is 1.25. The van der Waals surface area contributed by atoms with Gasteiger partial charge in [0.1, 0.15) is 21.8 Å². The van der Waals surface area contributed by atoms with Crippen molar-refractivity contribution in [2.45, 2.75) is 25.8 Å². The van der Waals surface area contributed by atoms with Crippen LogP contribution in [0.5, 0.6) is 0 Å². The van der Waals surface area contributed by atoms with Crippen molar-refractivity contribution in [3.05, 3.63) is 45.2 Å². The van der Waals surface area contributed by atoms with Gasteiger partial charge in [-0.15, -0.1) is 0 Å². The Labute approximate surface area is 222 Å². The lowest BCUT2D eigenvalue weighted by Crippen LogP contribution is -2.57. The van der Waals surface area contributed by atoms with Gasteiger partial charge in [0.2, 0.25) is 5.91 Å². The molecular formula is C24H27N5O6S2. The van der Waals surface area contributed by atoms with Crippen LogP contribution in [0.15, 0.2) is 34.1 Å². The van der Waals surface area contributed by atoms with E-state index in [-0.39, 0.29) is 34.5 Å². The molecule has 2 fully saturated rings. The number of ether oxygens (including phenoxy) is 2. The van der Waals surface area contributed by atoms with Crippen molar-refractivity contribution in [1.82, 2.24) is 19.6 Å². The Kier molecular flexibility index (Phi) is 8.56. The van der Waals surface area contributed by atoms with Gasteiger partial charge in [-0.05, 0) is 31.6 Å². The summed E-state index contributed by atoms with van der Waals surface area (Å²) in [6.07, 6.45) is 3.46. The van der Waals surface area contributed by atoms with Crippen molar-refractivity contribution < 1.29 is 23.9 Å². The van der Waals surface area contributed by atoms with Gasteiger partial charge in [-0.2, -0.15) is 0 Å². The number of fused-ring (bicyclic) bond motifs is 1. The fraction of sp³-hybridized carbons (Fsp3) is 0.417. The predicted molar refractivity (Wildman–Crippen MR) is 143 cm³/mol. The average Bonchev–Trinajstić information content (AvgIpc) is 3.16. The van der Waals surface area contributed by atoms with E-state index in [4.69, 9.17) is 21.7 Å². The number of hydrogen-bond donors (Lipinski definition) is 1. The van der Waals surface area contributed by atoms with E-state index in [1.807, 2.05) is 6.92 Å². The topological polar surface area (TPSA) is 123 Å². The van der Waals surface area contributed by atoms with Gasteiger partial charge in [-0.3, -0.25) is 28.5 Å².